The molecule has 0 aromatic heterocycles. The molecule has 1 nitrogen and oxygen atoms in total. The van der Waals surface area contributed by atoms with Crippen molar-refractivity contribution in [2.45, 2.75) is 37.1 Å². The fraction of sp³-hybridized carbons (Fsp3) is 0.294. The molecule has 2 rings (SSSR count). The molecule has 0 aliphatic carbocycles. The number of hydrogen-bond acceptors (Lipinski definition) is 2. The number of thioether (sulfide) groups is 1. The van der Waals surface area contributed by atoms with Crippen LogP contribution in [-0.2, 0) is 12.3 Å². The molecule has 0 aliphatic rings. The van der Waals surface area contributed by atoms with Gasteiger partial charge in [-0.3, -0.25) is 0 Å². The van der Waals surface area contributed by atoms with Crippen LogP contribution in [0, 0.1) is 0 Å². The Morgan fingerprint density at radius 1 is 1.00 bits per heavy atom. The highest BCUT2D eigenvalue weighted by molar-refractivity contribution is 7.98. The van der Waals surface area contributed by atoms with Crippen molar-refractivity contribution in [2.75, 3.05) is 0 Å². The lowest BCUT2D eigenvalue weighted by molar-refractivity contribution is 0.585. The number of halogens is 1. The van der Waals surface area contributed by atoms with E-state index in [0.29, 0.717) is 6.04 Å². The molecule has 1 N–H and O–H groups in total. The van der Waals surface area contributed by atoms with Crippen molar-refractivity contribution in [3.63, 3.8) is 0 Å². The molecule has 2 aromatic carbocycles. The first-order valence-corrected chi connectivity index (χ1v) is 8.20. The van der Waals surface area contributed by atoms with Crippen molar-refractivity contribution in [1.82, 2.24) is 5.32 Å². The molecule has 106 valence electrons. The summed E-state index contributed by atoms with van der Waals surface area (Å²) in [5.41, 5.74) is 2.53. The van der Waals surface area contributed by atoms with Gasteiger partial charge in [0.05, 0.1) is 0 Å². The van der Waals surface area contributed by atoms with Gasteiger partial charge in [0.2, 0.25) is 0 Å². The van der Waals surface area contributed by atoms with Crippen LogP contribution in [0.3, 0.4) is 0 Å². The predicted octanol–water partition coefficient (Wildman–Crippen LogP) is 5.13. The van der Waals surface area contributed by atoms with Crippen LogP contribution in [0.15, 0.2) is 53.4 Å². The molecule has 2 aromatic rings. The van der Waals surface area contributed by atoms with Crippen molar-refractivity contribution >= 4 is 23.4 Å². The molecule has 0 saturated heterocycles. The minimum absolute atomic E-state index is 0.497. The van der Waals surface area contributed by atoms with Crippen LogP contribution in [0.25, 0.3) is 0 Å². The smallest absolute Gasteiger partial charge is 0.0446 e. The van der Waals surface area contributed by atoms with Gasteiger partial charge in [0.15, 0.2) is 0 Å². The lowest BCUT2D eigenvalue weighted by atomic mass is 10.2. The molecule has 0 radical (unpaired) electrons. The number of benzene rings is 2. The highest BCUT2D eigenvalue weighted by Gasteiger charge is 2.05. The second kappa shape index (κ2) is 7.72. The summed E-state index contributed by atoms with van der Waals surface area (Å²) in [6.45, 7) is 5.24. The lowest BCUT2D eigenvalue weighted by Crippen LogP contribution is -2.22. The Hall–Kier alpha value is -0.960. The molecular formula is C17H20ClNS. The van der Waals surface area contributed by atoms with E-state index in [0.717, 1.165) is 17.3 Å². The average molecular weight is 306 g/mol. The maximum Gasteiger partial charge on any atom is 0.0446 e. The van der Waals surface area contributed by atoms with Crippen molar-refractivity contribution in [3.8, 4) is 0 Å². The fourth-order valence-electron chi connectivity index (χ4n) is 1.88. The summed E-state index contributed by atoms with van der Waals surface area (Å²) >= 11 is 8.05. The van der Waals surface area contributed by atoms with Crippen molar-refractivity contribution in [1.29, 1.82) is 0 Å². The molecule has 0 bridgehead atoms. The van der Waals surface area contributed by atoms with Crippen LogP contribution in [0.4, 0.5) is 0 Å². The van der Waals surface area contributed by atoms with E-state index >= 15 is 0 Å². The Kier molecular flexibility index (Phi) is 5.96. The van der Waals surface area contributed by atoms with Crippen molar-refractivity contribution in [2.24, 2.45) is 0 Å². The number of nitrogens with one attached hydrogen (secondary N) is 1. The van der Waals surface area contributed by atoms with E-state index < -0.39 is 0 Å². The van der Waals surface area contributed by atoms with E-state index in [-0.39, 0.29) is 0 Å². The third-order valence-electron chi connectivity index (χ3n) is 3.01. The standard InChI is InChI=1S/C17H20ClNS/c1-13(2)19-11-14-7-4-6-10-17(14)20-12-15-8-3-5-9-16(15)18/h3-10,13,19H,11-12H2,1-2H3. The topological polar surface area (TPSA) is 12.0 Å². The first kappa shape index (κ1) is 15.4. The Morgan fingerprint density at radius 3 is 2.35 bits per heavy atom. The highest BCUT2D eigenvalue weighted by Crippen LogP contribution is 2.29. The molecule has 0 fully saturated rings. The van der Waals surface area contributed by atoms with Gasteiger partial charge in [-0.15, -0.1) is 11.8 Å². The molecule has 0 saturated carbocycles. The monoisotopic (exact) mass is 305 g/mol. The average Bonchev–Trinajstić information content (AvgIpc) is 2.45. The van der Waals surface area contributed by atoms with E-state index in [2.05, 4.69) is 49.5 Å². The molecule has 20 heavy (non-hydrogen) atoms. The fourth-order valence-corrected chi connectivity index (χ4v) is 3.22. The van der Waals surface area contributed by atoms with Gasteiger partial charge in [-0.1, -0.05) is 61.8 Å². The van der Waals surface area contributed by atoms with Crippen LogP contribution < -0.4 is 5.32 Å². The van der Waals surface area contributed by atoms with E-state index in [1.807, 2.05) is 30.0 Å². The van der Waals surface area contributed by atoms with Crippen molar-refractivity contribution < 1.29 is 0 Å². The highest BCUT2D eigenvalue weighted by atomic mass is 35.5. The first-order valence-electron chi connectivity index (χ1n) is 6.84. The molecule has 0 atom stereocenters. The predicted molar refractivity (Wildman–Crippen MR) is 89.4 cm³/mol. The van der Waals surface area contributed by atoms with Crippen LogP contribution in [0.5, 0.6) is 0 Å². The van der Waals surface area contributed by atoms with E-state index in [1.54, 1.807) is 0 Å². The Morgan fingerprint density at radius 2 is 1.65 bits per heavy atom. The maximum atomic E-state index is 6.21. The molecule has 0 aliphatic heterocycles. The third-order valence-corrected chi connectivity index (χ3v) is 4.55. The summed E-state index contributed by atoms with van der Waals surface area (Å²) in [5.74, 6) is 0.901. The minimum Gasteiger partial charge on any atom is -0.310 e. The Balaban J connectivity index is 2.04. The normalized spacial score (nSPS) is 11.0. The van der Waals surface area contributed by atoms with Gasteiger partial charge >= 0.3 is 0 Å². The maximum absolute atomic E-state index is 6.21. The minimum atomic E-state index is 0.497. The van der Waals surface area contributed by atoms with Gasteiger partial charge in [-0.2, -0.15) is 0 Å². The van der Waals surface area contributed by atoms with Crippen LogP contribution in [0.1, 0.15) is 25.0 Å². The molecule has 0 unspecified atom stereocenters. The summed E-state index contributed by atoms with van der Waals surface area (Å²) in [7, 11) is 0. The summed E-state index contributed by atoms with van der Waals surface area (Å²) in [6, 6.07) is 17.1. The molecule has 0 amide bonds. The van der Waals surface area contributed by atoms with E-state index in [9.17, 15) is 0 Å². The van der Waals surface area contributed by atoms with Gasteiger partial charge in [0.25, 0.3) is 0 Å². The molecule has 0 heterocycles. The Labute approximate surface area is 130 Å². The number of hydrogen-bond donors (Lipinski definition) is 1. The Bertz CT molecular complexity index is 554. The van der Waals surface area contributed by atoms with Crippen LogP contribution >= 0.6 is 23.4 Å². The summed E-state index contributed by atoms with van der Waals surface area (Å²) in [6.07, 6.45) is 0. The second-order valence-corrected chi connectivity index (χ2v) is 6.45. The quantitative estimate of drug-likeness (QED) is 0.742. The van der Waals surface area contributed by atoms with E-state index in [1.165, 1.54) is 16.0 Å². The third kappa shape index (κ3) is 4.55. The first-order chi connectivity index (χ1) is 9.66. The summed E-state index contributed by atoms with van der Waals surface area (Å²) < 4.78 is 0. The van der Waals surface area contributed by atoms with Crippen LogP contribution in [0.2, 0.25) is 5.02 Å². The molecule has 3 heteroatoms. The van der Waals surface area contributed by atoms with Gasteiger partial charge in [-0.05, 0) is 23.3 Å². The molecular weight excluding hydrogens is 286 g/mol. The van der Waals surface area contributed by atoms with Crippen molar-refractivity contribution in [3.05, 3.63) is 64.7 Å². The summed E-state index contributed by atoms with van der Waals surface area (Å²) in [5, 5.41) is 4.32. The summed E-state index contributed by atoms with van der Waals surface area (Å²) in [4.78, 5) is 1.32. The number of rotatable bonds is 6. The van der Waals surface area contributed by atoms with Gasteiger partial charge in [0, 0.05) is 28.3 Å². The van der Waals surface area contributed by atoms with Crippen LogP contribution in [-0.4, -0.2) is 6.04 Å². The largest absolute Gasteiger partial charge is 0.310 e. The van der Waals surface area contributed by atoms with Gasteiger partial charge < -0.3 is 5.32 Å². The SMILES string of the molecule is CC(C)NCc1ccccc1SCc1ccccc1Cl. The second-order valence-electron chi connectivity index (χ2n) is 5.02. The zero-order valence-electron chi connectivity index (χ0n) is 11.9. The zero-order chi connectivity index (χ0) is 14.4. The van der Waals surface area contributed by atoms with Gasteiger partial charge in [-0.25, -0.2) is 0 Å². The van der Waals surface area contributed by atoms with Gasteiger partial charge in [0.1, 0.15) is 0 Å². The lowest BCUT2D eigenvalue weighted by Gasteiger charge is -2.12. The zero-order valence-corrected chi connectivity index (χ0v) is 13.5. The van der Waals surface area contributed by atoms with E-state index in [4.69, 9.17) is 11.6 Å². The molecule has 0 spiro atoms.